The van der Waals surface area contributed by atoms with Gasteiger partial charge in [0.1, 0.15) is 5.75 Å². The largest absolute Gasteiger partial charge is 0.508 e. The van der Waals surface area contributed by atoms with E-state index < -0.39 is 0 Å². The smallest absolute Gasteiger partial charge is 0.208 e. The summed E-state index contributed by atoms with van der Waals surface area (Å²) in [6, 6.07) is 15.8. The summed E-state index contributed by atoms with van der Waals surface area (Å²) in [5.74, 6) is 0.295. The number of phenols is 1. The van der Waals surface area contributed by atoms with Gasteiger partial charge in [0.2, 0.25) is 6.41 Å². The van der Waals surface area contributed by atoms with Gasteiger partial charge >= 0.3 is 0 Å². The van der Waals surface area contributed by atoms with Gasteiger partial charge in [0.05, 0.1) is 6.17 Å². The summed E-state index contributed by atoms with van der Waals surface area (Å²) < 4.78 is 0. The Balaban J connectivity index is 1.74. The van der Waals surface area contributed by atoms with Crippen molar-refractivity contribution in [1.29, 1.82) is 0 Å². The summed E-state index contributed by atoms with van der Waals surface area (Å²) in [5.41, 5.74) is 3.61. The molecule has 114 valence electrons. The lowest BCUT2D eigenvalue weighted by Gasteiger charge is -2.36. The molecule has 3 rings (SSSR count). The van der Waals surface area contributed by atoms with Crippen LogP contribution in [-0.4, -0.2) is 29.1 Å². The number of phenolic OH excluding ortho intramolecular Hbond substituents is 1. The second kappa shape index (κ2) is 6.62. The van der Waals surface area contributed by atoms with Crippen molar-refractivity contribution in [2.24, 2.45) is 0 Å². The highest BCUT2D eigenvalue weighted by Crippen LogP contribution is 2.25. The molecule has 0 aromatic heterocycles. The van der Waals surface area contributed by atoms with Gasteiger partial charge in [0.15, 0.2) is 0 Å². The Hall–Kier alpha value is -2.33. The highest BCUT2D eigenvalue weighted by atomic mass is 16.3. The predicted molar refractivity (Wildman–Crippen MR) is 85.4 cm³/mol. The molecule has 22 heavy (non-hydrogen) atoms. The molecule has 0 saturated carbocycles. The molecule has 0 unspecified atom stereocenters. The second-order valence-electron chi connectivity index (χ2n) is 5.66. The monoisotopic (exact) mass is 296 g/mol. The molecule has 0 fully saturated rings. The standard InChI is InChI=1S/C18H20N2O2/c21-13-19-18-11-15-6-7-17(22)10-16(15)12-20(18)9-8-14-4-2-1-3-5-14/h1-7,10,13,18,22H,8-9,11-12H2,(H,19,21)/t18-/m1/s1. The Kier molecular flexibility index (Phi) is 4.39. The lowest BCUT2D eigenvalue weighted by Crippen LogP contribution is -2.49. The van der Waals surface area contributed by atoms with Gasteiger partial charge < -0.3 is 10.4 Å². The first-order valence-electron chi connectivity index (χ1n) is 7.54. The van der Waals surface area contributed by atoms with Crippen LogP contribution in [0.3, 0.4) is 0 Å². The highest BCUT2D eigenvalue weighted by molar-refractivity contribution is 5.47. The SMILES string of the molecule is O=CN[C@H]1Cc2ccc(O)cc2CN1CCc1ccccc1. The van der Waals surface area contributed by atoms with E-state index in [1.165, 1.54) is 11.1 Å². The van der Waals surface area contributed by atoms with Gasteiger partial charge in [0.25, 0.3) is 0 Å². The molecular formula is C18H20N2O2. The first-order chi connectivity index (χ1) is 10.8. The molecule has 0 radical (unpaired) electrons. The molecular weight excluding hydrogens is 276 g/mol. The third kappa shape index (κ3) is 3.28. The molecule has 2 aromatic carbocycles. The summed E-state index contributed by atoms with van der Waals surface area (Å²) in [5, 5.41) is 12.6. The van der Waals surface area contributed by atoms with Gasteiger partial charge in [-0.2, -0.15) is 0 Å². The molecule has 1 aliphatic rings. The fourth-order valence-electron chi connectivity index (χ4n) is 3.02. The number of hydrogen-bond donors (Lipinski definition) is 2. The molecule has 4 nitrogen and oxygen atoms in total. The maximum absolute atomic E-state index is 10.9. The minimum Gasteiger partial charge on any atom is -0.508 e. The summed E-state index contributed by atoms with van der Waals surface area (Å²) in [4.78, 5) is 13.1. The van der Waals surface area contributed by atoms with Crippen molar-refractivity contribution in [1.82, 2.24) is 10.2 Å². The van der Waals surface area contributed by atoms with Crippen LogP contribution in [0, 0.1) is 0 Å². The number of fused-ring (bicyclic) bond motifs is 1. The number of nitrogens with one attached hydrogen (secondary N) is 1. The Morgan fingerprint density at radius 2 is 2.00 bits per heavy atom. The number of rotatable bonds is 5. The van der Waals surface area contributed by atoms with E-state index in [1.807, 2.05) is 30.3 Å². The molecule has 1 atom stereocenters. The number of benzene rings is 2. The van der Waals surface area contributed by atoms with Gasteiger partial charge in [-0.15, -0.1) is 0 Å². The zero-order valence-corrected chi connectivity index (χ0v) is 12.4. The van der Waals surface area contributed by atoms with Gasteiger partial charge in [-0.25, -0.2) is 0 Å². The van der Waals surface area contributed by atoms with E-state index >= 15 is 0 Å². The molecule has 0 bridgehead atoms. The Bertz CT molecular complexity index is 643. The van der Waals surface area contributed by atoms with Gasteiger partial charge in [-0.1, -0.05) is 36.4 Å². The highest BCUT2D eigenvalue weighted by Gasteiger charge is 2.25. The van der Waals surface area contributed by atoms with E-state index in [-0.39, 0.29) is 6.17 Å². The quantitative estimate of drug-likeness (QED) is 0.831. The van der Waals surface area contributed by atoms with Crippen LogP contribution in [0.5, 0.6) is 5.75 Å². The lowest BCUT2D eigenvalue weighted by molar-refractivity contribution is -0.111. The van der Waals surface area contributed by atoms with Crippen LogP contribution in [0.25, 0.3) is 0 Å². The summed E-state index contributed by atoms with van der Waals surface area (Å²) in [7, 11) is 0. The topological polar surface area (TPSA) is 52.6 Å². The van der Waals surface area contributed by atoms with Crippen molar-refractivity contribution in [2.45, 2.75) is 25.6 Å². The van der Waals surface area contributed by atoms with Gasteiger partial charge in [0, 0.05) is 19.5 Å². The van der Waals surface area contributed by atoms with E-state index in [4.69, 9.17) is 0 Å². The van der Waals surface area contributed by atoms with E-state index in [1.54, 1.807) is 6.07 Å². The van der Waals surface area contributed by atoms with Gasteiger partial charge in [-0.3, -0.25) is 9.69 Å². The molecule has 1 aliphatic heterocycles. The van der Waals surface area contributed by atoms with E-state index in [9.17, 15) is 9.90 Å². The Labute approximate surface area is 130 Å². The van der Waals surface area contributed by atoms with E-state index in [0.717, 1.165) is 37.9 Å². The third-order valence-corrected chi connectivity index (χ3v) is 4.21. The molecule has 0 aliphatic carbocycles. The molecule has 2 N–H and O–H groups in total. The fourth-order valence-corrected chi connectivity index (χ4v) is 3.02. The molecule has 1 heterocycles. The number of hydrogen-bond acceptors (Lipinski definition) is 3. The zero-order valence-electron chi connectivity index (χ0n) is 12.4. The summed E-state index contributed by atoms with van der Waals surface area (Å²) >= 11 is 0. The normalized spacial score (nSPS) is 17.7. The molecule has 1 amide bonds. The average molecular weight is 296 g/mol. The number of carbonyl (C=O) groups excluding carboxylic acids is 1. The van der Waals surface area contributed by atoms with Crippen LogP contribution in [0.15, 0.2) is 48.5 Å². The first-order valence-corrected chi connectivity index (χ1v) is 7.54. The number of amides is 1. The third-order valence-electron chi connectivity index (χ3n) is 4.21. The van der Waals surface area contributed by atoms with Crippen molar-refractivity contribution >= 4 is 6.41 Å². The van der Waals surface area contributed by atoms with Crippen molar-refractivity contribution < 1.29 is 9.90 Å². The number of nitrogens with zero attached hydrogens (tertiary/aromatic N) is 1. The van der Waals surface area contributed by atoms with Crippen LogP contribution >= 0.6 is 0 Å². The lowest BCUT2D eigenvalue weighted by atomic mass is 9.96. The van der Waals surface area contributed by atoms with Crippen LogP contribution in [-0.2, 0) is 24.2 Å². The summed E-state index contributed by atoms with van der Waals surface area (Å²) in [6.07, 6.45) is 2.49. The van der Waals surface area contributed by atoms with Crippen LogP contribution in [0.2, 0.25) is 0 Å². The van der Waals surface area contributed by atoms with Crippen LogP contribution in [0.1, 0.15) is 16.7 Å². The maximum atomic E-state index is 10.9. The van der Waals surface area contributed by atoms with Crippen molar-refractivity contribution in [2.75, 3.05) is 6.54 Å². The Morgan fingerprint density at radius 3 is 2.77 bits per heavy atom. The second-order valence-corrected chi connectivity index (χ2v) is 5.66. The first kappa shape index (κ1) is 14.6. The van der Waals surface area contributed by atoms with Gasteiger partial charge in [-0.05, 0) is 35.2 Å². The Morgan fingerprint density at radius 1 is 1.18 bits per heavy atom. The summed E-state index contributed by atoms with van der Waals surface area (Å²) in [6.45, 7) is 1.60. The van der Waals surface area contributed by atoms with E-state index in [2.05, 4.69) is 22.3 Å². The molecule has 0 saturated heterocycles. The van der Waals surface area contributed by atoms with Crippen molar-refractivity contribution in [3.05, 3.63) is 65.2 Å². The average Bonchev–Trinajstić information content (AvgIpc) is 2.54. The van der Waals surface area contributed by atoms with E-state index in [0.29, 0.717) is 5.75 Å². The minimum absolute atomic E-state index is 0.0123. The zero-order chi connectivity index (χ0) is 15.4. The maximum Gasteiger partial charge on any atom is 0.208 e. The van der Waals surface area contributed by atoms with Crippen molar-refractivity contribution in [3.8, 4) is 5.75 Å². The van der Waals surface area contributed by atoms with Crippen LogP contribution in [0.4, 0.5) is 0 Å². The number of carbonyl (C=O) groups is 1. The minimum atomic E-state index is 0.0123. The van der Waals surface area contributed by atoms with Crippen LogP contribution < -0.4 is 5.32 Å². The molecule has 2 aromatic rings. The predicted octanol–water partition coefficient (Wildman–Crippen LogP) is 2.07. The van der Waals surface area contributed by atoms with Crippen molar-refractivity contribution in [3.63, 3.8) is 0 Å². The fraction of sp³-hybridized carbons (Fsp3) is 0.278. The molecule has 4 heteroatoms. The molecule has 0 spiro atoms. The number of aromatic hydroxyl groups is 1.